The molecule has 10 rings (SSSR count). The van der Waals surface area contributed by atoms with Gasteiger partial charge in [-0.3, -0.25) is 0 Å². The number of para-hydroxylation sites is 4. The standard InChI is InChI=1S/C52H36N2O/c1-4-16-37(17-5-1)44-22-12-14-26-49(44)53(39-18-6-2-7-19-39)41-30-28-38(29-31-41)43-33-34-50(46-24-11-10-23-45(43)46)54(40-20-8-3-9-21-40)42-32-35-52-48(36-42)47-25-13-15-27-51(47)55-52/h1-36H. The van der Waals surface area contributed by atoms with Crippen LogP contribution in [0.1, 0.15) is 0 Å². The van der Waals surface area contributed by atoms with E-state index in [1.807, 2.05) is 12.1 Å². The minimum atomic E-state index is 0.885. The topological polar surface area (TPSA) is 19.6 Å². The number of anilines is 6. The molecule has 0 unspecified atom stereocenters. The van der Waals surface area contributed by atoms with Crippen LogP contribution in [-0.4, -0.2) is 0 Å². The van der Waals surface area contributed by atoms with Crippen LogP contribution in [0.2, 0.25) is 0 Å². The largest absolute Gasteiger partial charge is 0.456 e. The van der Waals surface area contributed by atoms with Crippen LogP contribution in [0.4, 0.5) is 34.1 Å². The third kappa shape index (κ3) is 5.89. The van der Waals surface area contributed by atoms with Gasteiger partial charge in [0, 0.05) is 44.5 Å². The van der Waals surface area contributed by atoms with E-state index in [0.29, 0.717) is 0 Å². The molecule has 0 aliphatic carbocycles. The molecule has 10 aromatic rings. The minimum Gasteiger partial charge on any atom is -0.456 e. The maximum Gasteiger partial charge on any atom is 0.135 e. The first-order chi connectivity index (χ1) is 27.3. The van der Waals surface area contributed by atoms with Gasteiger partial charge < -0.3 is 14.2 Å². The van der Waals surface area contributed by atoms with Gasteiger partial charge in [-0.2, -0.15) is 0 Å². The first kappa shape index (κ1) is 32.3. The van der Waals surface area contributed by atoms with Crippen molar-refractivity contribution in [1.82, 2.24) is 0 Å². The van der Waals surface area contributed by atoms with Crippen molar-refractivity contribution in [2.75, 3.05) is 9.80 Å². The fourth-order valence-corrected chi connectivity index (χ4v) is 7.91. The van der Waals surface area contributed by atoms with Crippen LogP contribution in [-0.2, 0) is 0 Å². The van der Waals surface area contributed by atoms with Crippen LogP contribution in [0, 0.1) is 0 Å². The SMILES string of the molecule is c1ccc(-c2ccccc2N(c2ccccc2)c2ccc(-c3ccc(N(c4ccccc4)c4ccc5oc6ccccc6c5c4)c4ccccc34)cc2)cc1. The van der Waals surface area contributed by atoms with Crippen LogP contribution in [0.5, 0.6) is 0 Å². The van der Waals surface area contributed by atoms with Gasteiger partial charge in [-0.25, -0.2) is 0 Å². The fraction of sp³-hybridized carbons (Fsp3) is 0. The zero-order valence-corrected chi connectivity index (χ0v) is 30.1. The van der Waals surface area contributed by atoms with Crippen LogP contribution >= 0.6 is 0 Å². The Morgan fingerprint density at radius 2 is 0.782 bits per heavy atom. The first-order valence-corrected chi connectivity index (χ1v) is 18.7. The number of hydrogen-bond donors (Lipinski definition) is 0. The Hall–Kier alpha value is -7.36. The van der Waals surface area contributed by atoms with Gasteiger partial charge >= 0.3 is 0 Å². The van der Waals surface area contributed by atoms with Gasteiger partial charge in [0.05, 0.1) is 11.4 Å². The molecule has 0 saturated carbocycles. The molecule has 9 aromatic carbocycles. The highest BCUT2D eigenvalue weighted by Gasteiger charge is 2.20. The Bertz CT molecular complexity index is 2920. The molecule has 0 atom stereocenters. The number of hydrogen-bond acceptors (Lipinski definition) is 3. The van der Waals surface area contributed by atoms with Crippen molar-refractivity contribution >= 4 is 66.8 Å². The average Bonchev–Trinajstić information content (AvgIpc) is 3.64. The molecular weight excluding hydrogens is 669 g/mol. The zero-order valence-electron chi connectivity index (χ0n) is 30.1. The third-order valence-corrected chi connectivity index (χ3v) is 10.5. The Morgan fingerprint density at radius 1 is 0.273 bits per heavy atom. The lowest BCUT2D eigenvalue weighted by Gasteiger charge is -2.28. The lowest BCUT2D eigenvalue weighted by atomic mass is 9.95. The summed E-state index contributed by atoms with van der Waals surface area (Å²) in [5.74, 6) is 0. The highest BCUT2D eigenvalue weighted by atomic mass is 16.3. The number of rotatable bonds is 8. The lowest BCUT2D eigenvalue weighted by Crippen LogP contribution is -2.11. The normalized spacial score (nSPS) is 11.3. The van der Waals surface area contributed by atoms with Gasteiger partial charge in [0.25, 0.3) is 0 Å². The summed E-state index contributed by atoms with van der Waals surface area (Å²) in [4.78, 5) is 4.71. The van der Waals surface area contributed by atoms with E-state index in [-0.39, 0.29) is 0 Å². The third-order valence-electron chi connectivity index (χ3n) is 10.5. The van der Waals surface area contributed by atoms with Crippen LogP contribution in [0.25, 0.3) is 55.0 Å². The summed E-state index contributed by atoms with van der Waals surface area (Å²) in [6.07, 6.45) is 0. The van der Waals surface area contributed by atoms with Crippen LogP contribution in [0.15, 0.2) is 223 Å². The smallest absolute Gasteiger partial charge is 0.135 e. The summed E-state index contributed by atoms with van der Waals surface area (Å²) in [7, 11) is 0. The summed E-state index contributed by atoms with van der Waals surface area (Å²) in [5.41, 5.74) is 13.1. The van der Waals surface area contributed by atoms with Crippen molar-refractivity contribution in [3.05, 3.63) is 218 Å². The molecule has 0 saturated heterocycles. The summed E-state index contributed by atoms with van der Waals surface area (Å²) in [6, 6.07) is 77.6. The second-order valence-corrected chi connectivity index (χ2v) is 13.7. The molecule has 55 heavy (non-hydrogen) atoms. The molecule has 1 aromatic heterocycles. The van der Waals surface area contributed by atoms with Crippen LogP contribution in [0.3, 0.4) is 0 Å². The van der Waals surface area contributed by atoms with E-state index in [0.717, 1.165) is 61.6 Å². The number of fused-ring (bicyclic) bond motifs is 4. The molecule has 3 heteroatoms. The first-order valence-electron chi connectivity index (χ1n) is 18.7. The van der Waals surface area contributed by atoms with Gasteiger partial charge in [-0.1, -0.05) is 146 Å². The Kier molecular flexibility index (Phi) is 8.16. The molecule has 0 spiro atoms. The molecule has 0 aliphatic heterocycles. The van der Waals surface area contributed by atoms with Crippen molar-refractivity contribution in [3.63, 3.8) is 0 Å². The highest BCUT2D eigenvalue weighted by molar-refractivity contribution is 6.09. The van der Waals surface area contributed by atoms with Crippen molar-refractivity contribution < 1.29 is 4.42 Å². The maximum absolute atomic E-state index is 6.21. The van der Waals surface area contributed by atoms with Crippen LogP contribution < -0.4 is 9.80 Å². The van der Waals surface area contributed by atoms with Crippen molar-refractivity contribution in [3.8, 4) is 22.3 Å². The number of furan rings is 1. The molecule has 0 fully saturated rings. The fourth-order valence-electron chi connectivity index (χ4n) is 7.91. The van der Waals surface area contributed by atoms with Crippen molar-refractivity contribution in [2.24, 2.45) is 0 Å². The summed E-state index contributed by atoms with van der Waals surface area (Å²) >= 11 is 0. The molecule has 0 amide bonds. The van der Waals surface area contributed by atoms with E-state index < -0.39 is 0 Å². The maximum atomic E-state index is 6.21. The van der Waals surface area contributed by atoms with E-state index in [1.165, 1.54) is 27.5 Å². The summed E-state index contributed by atoms with van der Waals surface area (Å²) in [5, 5.41) is 4.59. The lowest BCUT2D eigenvalue weighted by molar-refractivity contribution is 0.669. The predicted octanol–water partition coefficient (Wildman–Crippen LogP) is 15.0. The molecule has 0 N–H and O–H groups in total. The number of nitrogens with zero attached hydrogens (tertiary/aromatic N) is 2. The minimum absolute atomic E-state index is 0.885. The van der Waals surface area contributed by atoms with Gasteiger partial charge in [0.1, 0.15) is 11.2 Å². The average molecular weight is 705 g/mol. The van der Waals surface area contributed by atoms with Gasteiger partial charge in [-0.15, -0.1) is 0 Å². The Balaban J connectivity index is 1.08. The Labute approximate surface area is 320 Å². The molecule has 0 aliphatic rings. The van der Waals surface area contributed by atoms with E-state index in [1.54, 1.807) is 0 Å². The van der Waals surface area contributed by atoms with E-state index in [2.05, 4.69) is 216 Å². The van der Waals surface area contributed by atoms with Crippen molar-refractivity contribution in [1.29, 1.82) is 0 Å². The molecular formula is C52H36N2O. The van der Waals surface area contributed by atoms with Gasteiger partial charge in [0.2, 0.25) is 0 Å². The van der Waals surface area contributed by atoms with E-state index in [9.17, 15) is 0 Å². The number of benzene rings is 9. The Morgan fingerprint density at radius 3 is 1.51 bits per heavy atom. The highest BCUT2D eigenvalue weighted by Crippen LogP contribution is 2.45. The van der Waals surface area contributed by atoms with E-state index >= 15 is 0 Å². The molecule has 0 radical (unpaired) electrons. The van der Waals surface area contributed by atoms with Gasteiger partial charge in [-0.05, 0) is 94.9 Å². The summed E-state index contributed by atoms with van der Waals surface area (Å²) in [6.45, 7) is 0. The van der Waals surface area contributed by atoms with E-state index in [4.69, 9.17) is 4.42 Å². The quantitative estimate of drug-likeness (QED) is 0.157. The molecule has 0 bridgehead atoms. The van der Waals surface area contributed by atoms with Gasteiger partial charge in [0.15, 0.2) is 0 Å². The monoisotopic (exact) mass is 704 g/mol. The molecule has 260 valence electrons. The molecule has 1 heterocycles. The summed E-state index contributed by atoms with van der Waals surface area (Å²) < 4.78 is 6.21. The van der Waals surface area contributed by atoms with Crippen molar-refractivity contribution in [2.45, 2.75) is 0 Å². The molecule has 3 nitrogen and oxygen atoms in total. The second kappa shape index (κ2) is 13.9. The zero-order chi connectivity index (χ0) is 36.6. The second-order valence-electron chi connectivity index (χ2n) is 13.7. The predicted molar refractivity (Wildman–Crippen MR) is 231 cm³/mol.